The van der Waals surface area contributed by atoms with Gasteiger partial charge in [0.2, 0.25) is 5.91 Å². The van der Waals surface area contributed by atoms with Crippen molar-refractivity contribution >= 4 is 24.0 Å². The van der Waals surface area contributed by atoms with Crippen molar-refractivity contribution in [1.29, 1.82) is 0 Å². The maximum absolute atomic E-state index is 13.1. The molecule has 3 N–H and O–H groups in total. The maximum atomic E-state index is 13.1. The van der Waals surface area contributed by atoms with E-state index in [0.717, 1.165) is 6.07 Å². The van der Waals surface area contributed by atoms with E-state index in [4.69, 9.17) is 5.73 Å². The van der Waals surface area contributed by atoms with Crippen molar-refractivity contribution in [2.75, 3.05) is 5.32 Å². The summed E-state index contributed by atoms with van der Waals surface area (Å²) in [5, 5.41) is 2.27. The molecule has 1 saturated carbocycles. The fraction of sp³-hybridized carbons (Fsp3) is 0.300. The van der Waals surface area contributed by atoms with Gasteiger partial charge in [0.05, 0.1) is 11.2 Å². The molecule has 2 rings (SSSR count). The Labute approximate surface area is 97.4 Å². The Kier molecular flexibility index (Phi) is 3.50. The number of carbonyl (C=O) groups excluding carboxylic acids is 1. The summed E-state index contributed by atoms with van der Waals surface area (Å²) in [7, 11) is 0. The summed E-state index contributed by atoms with van der Waals surface area (Å²) >= 11 is 0. The highest BCUT2D eigenvalue weighted by molar-refractivity contribution is 6.00. The van der Waals surface area contributed by atoms with Crippen molar-refractivity contribution in [1.82, 2.24) is 0 Å². The molecule has 6 heteroatoms. The molecule has 1 fully saturated rings. The summed E-state index contributed by atoms with van der Waals surface area (Å²) in [6.07, 6.45) is 1.16. The molecule has 1 aromatic carbocycles. The van der Waals surface area contributed by atoms with Gasteiger partial charge in [-0.2, -0.15) is 0 Å². The molecule has 1 aliphatic carbocycles. The van der Waals surface area contributed by atoms with E-state index in [1.807, 2.05) is 0 Å². The molecule has 0 spiro atoms. The molecule has 16 heavy (non-hydrogen) atoms. The van der Waals surface area contributed by atoms with Gasteiger partial charge in [-0.05, 0) is 25.0 Å². The van der Waals surface area contributed by atoms with Crippen LogP contribution < -0.4 is 11.1 Å². The van der Waals surface area contributed by atoms with Gasteiger partial charge in [-0.25, -0.2) is 8.78 Å². The average molecular weight is 249 g/mol. The topological polar surface area (TPSA) is 55.1 Å². The SMILES string of the molecule is Cl.NC1(C(=O)Nc2cccc(F)c2F)CC1. The first kappa shape index (κ1) is 12.9. The summed E-state index contributed by atoms with van der Waals surface area (Å²) in [5.74, 6) is -2.52. The standard InChI is InChI=1S/C10H10F2N2O.ClH/c11-6-2-1-3-7(8(6)12)14-9(15)10(13)4-5-10;/h1-3H,4-5,13H2,(H,14,15);1H. The van der Waals surface area contributed by atoms with Crippen LogP contribution in [0.3, 0.4) is 0 Å². The number of benzene rings is 1. The van der Waals surface area contributed by atoms with Crippen molar-refractivity contribution < 1.29 is 13.6 Å². The molecule has 0 radical (unpaired) electrons. The number of rotatable bonds is 2. The third-order valence-electron chi connectivity index (χ3n) is 2.44. The molecule has 0 saturated heterocycles. The van der Waals surface area contributed by atoms with Gasteiger partial charge in [0, 0.05) is 0 Å². The van der Waals surface area contributed by atoms with Crippen molar-refractivity contribution in [3.8, 4) is 0 Å². The van der Waals surface area contributed by atoms with Crippen LogP contribution in [0.5, 0.6) is 0 Å². The molecule has 88 valence electrons. The van der Waals surface area contributed by atoms with Crippen LogP contribution in [0.15, 0.2) is 18.2 Å². The molecular formula is C10H11ClF2N2O. The lowest BCUT2D eigenvalue weighted by molar-refractivity contribution is -0.118. The summed E-state index contributed by atoms with van der Waals surface area (Å²) in [6, 6.07) is 3.60. The van der Waals surface area contributed by atoms with Crippen molar-refractivity contribution in [2.24, 2.45) is 5.73 Å². The van der Waals surface area contributed by atoms with Crippen molar-refractivity contribution in [3.05, 3.63) is 29.8 Å². The summed E-state index contributed by atoms with van der Waals surface area (Å²) in [5.41, 5.74) is 4.54. The van der Waals surface area contributed by atoms with Gasteiger partial charge in [0.1, 0.15) is 0 Å². The van der Waals surface area contributed by atoms with Crippen LogP contribution in [0.25, 0.3) is 0 Å². The van der Waals surface area contributed by atoms with E-state index in [0.29, 0.717) is 12.8 Å². The molecule has 1 amide bonds. The molecule has 0 heterocycles. The Morgan fingerprint density at radius 3 is 2.56 bits per heavy atom. The zero-order chi connectivity index (χ0) is 11.1. The number of nitrogens with one attached hydrogen (secondary N) is 1. The Bertz CT molecular complexity index is 421. The minimum Gasteiger partial charge on any atom is -0.322 e. The quantitative estimate of drug-likeness (QED) is 0.839. The van der Waals surface area contributed by atoms with E-state index in [1.54, 1.807) is 0 Å². The second-order valence-electron chi connectivity index (χ2n) is 3.71. The minimum atomic E-state index is -1.06. The lowest BCUT2D eigenvalue weighted by Crippen LogP contribution is -2.38. The monoisotopic (exact) mass is 248 g/mol. The maximum Gasteiger partial charge on any atom is 0.244 e. The van der Waals surface area contributed by atoms with Gasteiger partial charge in [-0.15, -0.1) is 12.4 Å². The average Bonchev–Trinajstić information content (AvgIpc) is 2.93. The van der Waals surface area contributed by atoms with E-state index in [9.17, 15) is 13.6 Å². The predicted octanol–water partition coefficient (Wildman–Crippen LogP) is 1.82. The first-order chi connectivity index (χ1) is 7.03. The second-order valence-corrected chi connectivity index (χ2v) is 3.71. The fourth-order valence-corrected chi connectivity index (χ4v) is 1.21. The first-order valence-corrected chi connectivity index (χ1v) is 4.57. The zero-order valence-electron chi connectivity index (χ0n) is 8.30. The molecule has 1 aromatic rings. The van der Waals surface area contributed by atoms with E-state index >= 15 is 0 Å². The number of anilines is 1. The van der Waals surface area contributed by atoms with Crippen LogP contribution >= 0.6 is 12.4 Å². The molecule has 0 atom stereocenters. The Morgan fingerprint density at radius 2 is 2.00 bits per heavy atom. The highest BCUT2D eigenvalue weighted by Crippen LogP contribution is 2.33. The Hall–Kier alpha value is -1.20. The van der Waals surface area contributed by atoms with Crippen LogP contribution in [0, 0.1) is 11.6 Å². The number of hydrogen-bond donors (Lipinski definition) is 2. The molecule has 3 nitrogen and oxygen atoms in total. The van der Waals surface area contributed by atoms with Gasteiger partial charge in [0.15, 0.2) is 11.6 Å². The van der Waals surface area contributed by atoms with Gasteiger partial charge in [-0.1, -0.05) is 6.07 Å². The van der Waals surface area contributed by atoms with Gasteiger partial charge in [0.25, 0.3) is 0 Å². The van der Waals surface area contributed by atoms with E-state index < -0.39 is 23.1 Å². The number of hydrogen-bond acceptors (Lipinski definition) is 2. The van der Waals surface area contributed by atoms with Crippen LogP contribution in [0.4, 0.5) is 14.5 Å². The molecule has 1 aliphatic rings. The fourth-order valence-electron chi connectivity index (χ4n) is 1.21. The van der Waals surface area contributed by atoms with Crippen LogP contribution in [-0.4, -0.2) is 11.4 Å². The van der Waals surface area contributed by atoms with Gasteiger partial charge < -0.3 is 11.1 Å². The third-order valence-corrected chi connectivity index (χ3v) is 2.44. The third kappa shape index (κ3) is 2.31. The van der Waals surface area contributed by atoms with Crippen molar-refractivity contribution in [3.63, 3.8) is 0 Å². The summed E-state index contributed by atoms with van der Waals surface area (Å²) in [4.78, 5) is 11.4. The number of halogens is 3. The molecule has 0 aromatic heterocycles. The number of carbonyl (C=O) groups is 1. The zero-order valence-corrected chi connectivity index (χ0v) is 9.11. The Balaban J connectivity index is 0.00000128. The normalized spacial score (nSPS) is 16.2. The van der Waals surface area contributed by atoms with Gasteiger partial charge in [-0.3, -0.25) is 4.79 Å². The van der Waals surface area contributed by atoms with E-state index in [1.165, 1.54) is 12.1 Å². The summed E-state index contributed by atoms with van der Waals surface area (Å²) in [6.45, 7) is 0. The highest BCUT2D eigenvalue weighted by Gasteiger charge is 2.46. The molecule has 0 aliphatic heterocycles. The van der Waals surface area contributed by atoms with Crippen molar-refractivity contribution in [2.45, 2.75) is 18.4 Å². The van der Waals surface area contributed by atoms with Crippen LogP contribution in [-0.2, 0) is 4.79 Å². The van der Waals surface area contributed by atoms with E-state index in [2.05, 4.69) is 5.32 Å². The predicted molar refractivity (Wildman–Crippen MR) is 58.4 cm³/mol. The first-order valence-electron chi connectivity index (χ1n) is 4.57. The number of nitrogens with two attached hydrogens (primary N) is 1. The van der Waals surface area contributed by atoms with E-state index in [-0.39, 0.29) is 18.1 Å². The highest BCUT2D eigenvalue weighted by atomic mass is 35.5. The molecule has 0 bridgehead atoms. The lowest BCUT2D eigenvalue weighted by Gasteiger charge is -2.10. The largest absolute Gasteiger partial charge is 0.322 e. The second kappa shape index (κ2) is 4.35. The van der Waals surface area contributed by atoms with Crippen LogP contribution in [0.1, 0.15) is 12.8 Å². The number of amides is 1. The minimum absolute atomic E-state index is 0. The Morgan fingerprint density at radius 1 is 1.38 bits per heavy atom. The summed E-state index contributed by atoms with van der Waals surface area (Å²) < 4.78 is 25.9. The van der Waals surface area contributed by atoms with Crippen LogP contribution in [0.2, 0.25) is 0 Å². The smallest absolute Gasteiger partial charge is 0.244 e. The molecule has 0 unspecified atom stereocenters. The molecular weight excluding hydrogens is 238 g/mol. The van der Waals surface area contributed by atoms with Gasteiger partial charge >= 0.3 is 0 Å². The lowest BCUT2D eigenvalue weighted by atomic mass is 10.2.